The number of carbonyl (C=O) groups is 1. The minimum Gasteiger partial charge on any atom is -0.459 e. The standard InChI is InChI=1S/C15H25NO4/c1-2-19-15-11(7-4-8-17)12(10-5-3-6-10)9-13(20-15)14(16)18/h9-12,15,17H,2-8H2,1H3,(H2,16,18)/t11-,12+,15+/m0/s1. The van der Waals surface area contributed by atoms with Gasteiger partial charge in [-0.05, 0) is 50.5 Å². The molecule has 1 amide bonds. The lowest BCUT2D eigenvalue weighted by Gasteiger charge is -2.43. The van der Waals surface area contributed by atoms with Crippen LogP contribution in [0, 0.1) is 17.8 Å². The van der Waals surface area contributed by atoms with Gasteiger partial charge in [-0.25, -0.2) is 0 Å². The number of rotatable bonds is 7. The summed E-state index contributed by atoms with van der Waals surface area (Å²) in [6.45, 7) is 2.61. The largest absolute Gasteiger partial charge is 0.459 e. The van der Waals surface area contributed by atoms with E-state index in [1.165, 1.54) is 19.3 Å². The molecule has 0 unspecified atom stereocenters. The second kappa shape index (κ2) is 7.09. The first-order valence-electron chi connectivity index (χ1n) is 7.58. The number of nitrogens with two attached hydrogens (primary N) is 1. The van der Waals surface area contributed by atoms with Gasteiger partial charge in [-0.2, -0.15) is 0 Å². The van der Waals surface area contributed by atoms with E-state index in [4.69, 9.17) is 20.3 Å². The van der Waals surface area contributed by atoms with Gasteiger partial charge in [0, 0.05) is 19.1 Å². The van der Waals surface area contributed by atoms with E-state index in [1.54, 1.807) is 0 Å². The molecule has 5 heteroatoms. The molecule has 1 aliphatic carbocycles. The summed E-state index contributed by atoms with van der Waals surface area (Å²) in [7, 11) is 0. The smallest absolute Gasteiger partial charge is 0.283 e. The number of carbonyl (C=O) groups excluding carboxylic acids is 1. The van der Waals surface area contributed by atoms with E-state index in [-0.39, 0.29) is 24.2 Å². The number of amides is 1. The Morgan fingerprint density at radius 1 is 1.55 bits per heavy atom. The Hall–Kier alpha value is -1.07. The predicted octanol–water partition coefficient (Wildman–Crippen LogP) is 1.55. The van der Waals surface area contributed by atoms with E-state index in [0.717, 1.165) is 12.8 Å². The predicted molar refractivity (Wildman–Crippen MR) is 74.4 cm³/mol. The van der Waals surface area contributed by atoms with E-state index < -0.39 is 12.2 Å². The van der Waals surface area contributed by atoms with Gasteiger partial charge >= 0.3 is 0 Å². The van der Waals surface area contributed by atoms with Crippen LogP contribution in [-0.4, -0.2) is 30.5 Å². The summed E-state index contributed by atoms with van der Waals surface area (Å²) in [6, 6.07) is 0. The number of allylic oxidation sites excluding steroid dienone is 1. The van der Waals surface area contributed by atoms with E-state index in [1.807, 2.05) is 13.0 Å². The van der Waals surface area contributed by atoms with E-state index in [2.05, 4.69) is 0 Å². The first-order chi connectivity index (χ1) is 9.67. The number of primary amides is 1. The molecule has 2 aliphatic rings. The van der Waals surface area contributed by atoms with Gasteiger partial charge in [0.1, 0.15) is 0 Å². The van der Waals surface area contributed by atoms with Crippen LogP contribution in [0.4, 0.5) is 0 Å². The van der Waals surface area contributed by atoms with Crippen molar-refractivity contribution in [3.05, 3.63) is 11.8 Å². The third-order valence-corrected chi connectivity index (χ3v) is 4.39. The Balaban J connectivity index is 2.18. The van der Waals surface area contributed by atoms with Crippen molar-refractivity contribution < 1.29 is 19.4 Å². The molecule has 0 aromatic heterocycles. The van der Waals surface area contributed by atoms with Crippen LogP contribution in [0.3, 0.4) is 0 Å². The van der Waals surface area contributed by atoms with Gasteiger partial charge in [-0.3, -0.25) is 4.79 Å². The fourth-order valence-electron chi connectivity index (χ4n) is 3.16. The monoisotopic (exact) mass is 283 g/mol. The van der Waals surface area contributed by atoms with Crippen molar-refractivity contribution in [3.8, 4) is 0 Å². The van der Waals surface area contributed by atoms with E-state index >= 15 is 0 Å². The summed E-state index contributed by atoms with van der Waals surface area (Å²) >= 11 is 0. The second-order valence-corrected chi connectivity index (χ2v) is 5.63. The molecule has 2 rings (SSSR count). The Labute approximate surface area is 120 Å². The molecule has 1 aliphatic heterocycles. The molecule has 114 valence electrons. The van der Waals surface area contributed by atoms with Crippen LogP contribution in [0.25, 0.3) is 0 Å². The Bertz CT molecular complexity index is 365. The highest BCUT2D eigenvalue weighted by Gasteiger charge is 2.41. The highest BCUT2D eigenvalue weighted by molar-refractivity contribution is 5.90. The lowest BCUT2D eigenvalue weighted by molar-refractivity contribution is -0.177. The molecule has 0 spiro atoms. The van der Waals surface area contributed by atoms with Crippen molar-refractivity contribution in [1.82, 2.24) is 0 Å². The topological polar surface area (TPSA) is 81.8 Å². The van der Waals surface area contributed by atoms with Crippen LogP contribution in [0.5, 0.6) is 0 Å². The summed E-state index contributed by atoms with van der Waals surface area (Å²) in [5.41, 5.74) is 5.37. The highest BCUT2D eigenvalue weighted by Crippen LogP contribution is 2.44. The Morgan fingerprint density at radius 3 is 2.80 bits per heavy atom. The van der Waals surface area contributed by atoms with Crippen LogP contribution < -0.4 is 5.73 Å². The average Bonchev–Trinajstić information content (AvgIpc) is 2.35. The molecule has 1 heterocycles. The quantitative estimate of drug-likeness (QED) is 0.743. The van der Waals surface area contributed by atoms with Crippen LogP contribution >= 0.6 is 0 Å². The lowest BCUT2D eigenvalue weighted by atomic mass is 9.68. The minimum absolute atomic E-state index is 0.166. The van der Waals surface area contributed by atoms with Gasteiger partial charge in [0.05, 0.1) is 0 Å². The van der Waals surface area contributed by atoms with Gasteiger partial charge in [-0.1, -0.05) is 6.42 Å². The molecular weight excluding hydrogens is 258 g/mol. The fraction of sp³-hybridized carbons (Fsp3) is 0.800. The molecule has 20 heavy (non-hydrogen) atoms. The van der Waals surface area contributed by atoms with Crippen molar-refractivity contribution >= 4 is 5.91 Å². The summed E-state index contributed by atoms with van der Waals surface area (Å²) in [5, 5.41) is 9.08. The van der Waals surface area contributed by atoms with Crippen molar-refractivity contribution in [3.63, 3.8) is 0 Å². The maximum atomic E-state index is 11.4. The Kier molecular flexibility index (Phi) is 5.43. The molecule has 3 N–H and O–H groups in total. The summed E-state index contributed by atoms with van der Waals surface area (Å²) < 4.78 is 11.3. The molecule has 1 fully saturated rings. The van der Waals surface area contributed by atoms with Crippen molar-refractivity contribution in [1.29, 1.82) is 0 Å². The number of ether oxygens (including phenoxy) is 2. The molecule has 0 aromatic rings. The third kappa shape index (κ3) is 3.33. The van der Waals surface area contributed by atoms with Crippen molar-refractivity contribution in [2.75, 3.05) is 13.2 Å². The normalized spacial score (nSPS) is 30.3. The van der Waals surface area contributed by atoms with Crippen molar-refractivity contribution in [2.24, 2.45) is 23.5 Å². The number of hydrogen-bond acceptors (Lipinski definition) is 4. The fourth-order valence-corrected chi connectivity index (χ4v) is 3.16. The molecule has 3 atom stereocenters. The van der Waals surface area contributed by atoms with Crippen molar-refractivity contribution in [2.45, 2.75) is 45.3 Å². The molecule has 0 radical (unpaired) electrons. The molecule has 0 aromatic carbocycles. The third-order valence-electron chi connectivity index (χ3n) is 4.39. The SMILES string of the molecule is CCO[C@@H]1OC(C(N)=O)=C[C@H](C2CCC2)[C@@H]1CCCO. The molecule has 0 bridgehead atoms. The molecule has 1 saturated carbocycles. The first-order valence-corrected chi connectivity index (χ1v) is 7.58. The van der Waals surface area contributed by atoms with Gasteiger partial charge < -0.3 is 20.3 Å². The number of aliphatic hydroxyl groups excluding tert-OH is 1. The van der Waals surface area contributed by atoms with Crippen LogP contribution in [0.2, 0.25) is 0 Å². The summed E-state index contributed by atoms with van der Waals surface area (Å²) in [5.74, 6) is 0.749. The molecule has 0 saturated heterocycles. The average molecular weight is 283 g/mol. The zero-order valence-electron chi connectivity index (χ0n) is 12.1. The number of aliphatic hydroxyl groups is 1. The zero-order valence-corrected chi connectivity index (χ0v) is 12.1. The maximum Gasteiger partial charge on any atom is 0.283 e. The van der Waals surface area contributed by atoms with E-state index in [0.29, 0.717) is 12.5 Å². The number of hydrogen-bond donors (Lipinski definition) is 2. The maximum absolute atomic E-state index is 11.4. The van der Waals surface area contributed by atoms with E-state index in [9.17, 15) is 4.79 Å². The zero-order chi connectivity index (χ0) is 14.5. The molecular formula is C15H25NO4. The summed E-state index contributed by atoms with van der Waals surface area (Å²) in [4.78, 5) is 11.4. The van der Waals surface area contributed by atoms with Gasteiger partial charge in [-0.15, -0.1) is 0 Å². The van der Waals surface area contributed by atoms with Gasteiger partial charge in [0.2, 0.25) is 6.29 Å². The highest BCUT2D eigenvalue weighted by atomic mass is 16.7. The van der Waals surface area contributed by atoms with Gasteiger partial charge in [0.15, 0.2) is 5.76 Å². The second-order valence-electron chi connectivity index (χ2n) is 5.63. The van der Waals surface area contributed by atoms with Gasteiger partial charge in [0.25, 0.3) is 5.91 Å². The van der Waals surface area contributed by atoms with Crippen LogP contribution in [0.1, 0.15) is 39.0 Å². The molecule has 5 nitrogen and oxygen atoms in total. The minimum atomic E-state index is -0.528. The lowest BCUT2D eigenvalue weighted by Crippen LogP contribution is -2.42. The van der Waals surface area contributed by atoms with Crippen LogP contribution in [-0.2, 0) is 14.3 Å². The first kappa shape index (κ1) is 15.3. The van der Waals surface area contributed by atoms with Crippen LogP contribution in [0.15, 0.2) is 11.8 Å². The summed E-state index contributed by atoms with van der Waals surface area (Å²) in [6.07, 6.45) is 6.64. The Morgan fingerprint density at radius 2 is 2.30 bits per heavy atom.